The van der Waals surface area contributed by atoms with Crippen molar-refractivity contribution in [1.82, 2.24) is 4.98 Å². The third-order valence-electron chi connectivity index (χ3n) is 4.09. The molecule has 8 nitrogen and oxygen atoms in total. The summed E-state index contributed by atoms with van der Waals surface area (Å²) in [6.45, 7) is 4.10. The van der Waals surface area contributed by atoms with Crippen molar-refractivity contribution < 1.29 is 14.5 Å². The number of nitro benzene ring substituents is 1. The van der Waals surface area contributed by atoms with Crippen molar-refractivity contribution in [3.8, 4) is 0 Å². The van der Waals surface area contributed by atoms with Crippen molar-refractivity contribution in [3.63, 3.8) is 0 Å². The second-order valence-electron chi connectivity index (χ2n) is 5.63. The fraction of sp³-hybridized carbons (Fsp3) is 0.294. The molecule has 1 aliphatic rings. The van der Waals surface area contributed by atoms with E-state index in [0.717, 1.165) is 0 Å². The summed E-state index contributed by atoms with van der Waals surface area (Å²) in [5.41, 5.74) is 1.22. The molecule has 0 aliphatic carbocycles. The van der Waals surface area contributed by atoms with E-state index in [0.29, 0.717) is 48.9 Å². The number of nitro groups is 1. The molecule has 130 valence electrons. The third kappa shape index (κ3) is 3.58. The monoisotopic (exact) mass is 342 g/mol. The van der Waals surface area contributed by atoms with E-state index in [1.807, 2.05) is 4.90 Å². The number of amides is 1. The third-order valence-corrected chi connectivity index (χ3v) is 4.09. The maximum atomic E-state index is 12.7. The number of rotatable bonds is 4. The Morgan fingerprint density at radius 3 is 2.76 bits per heavy atom. The Bertz CT molecular complexity index is 803. The normalized spacial score (nSPS) is 14.2. The van der Waals surface area contributed by atoms with Crippen LogP contribution in [0.15, 0.2) is 36.5 Å². The Morgan fingerprint density at radius 1 is 1.28 bits per heavy atom. The highest BCUT2D eigenvalue weighted by molar-refractivity contribution is 6.08. The van der Waals surface area contributed by atoms with Crippen molar-refractivity contribution in [2.24, 2.45) is 0 Å². The van der Waals surface area contributed by atoms with Crippen molar-refractivity contribution >= 4 is 23.1 Å². The zero-order valence-electron chi connectivity index (χ0n) is 13.8. The molecule has 1 amide bonds. The van der Waals surface area contributed by atoms with Gasteiger partial charge in [-0.1, -0.05) is 6.07 Å². The summed E-state index contributed by atoms with van der Waals surface area (Å²) in [7, 11) is 0. The predicted molar refractivity (Wildman–Crippen MR) is 93.1 cm³/mol. The number of hydrogen-bond donors (Lipinski definition) is 1. The number of pyridine rings is 1. The minimum Gasteiger partial charge on any atom is -0.378 e. The van der Waals surface area contributed by atoms with Crippen molar-refractivity contribution in [1.29, 1.82) is 0 Å². The summed E-state index contributed by atoms with van der Waals surface area (Å²) in [6.07, 6.45) is 1.64. The van der Waals surface area contributed by atoms with Gasteiger partial charge in [-0.05, 0) is 25.1 Å². The largest absolute Gasteiger partial charge is 0.378 e. The molecule has 1 N–H and O–H groups in total. The molecule has 2 aromatic rings. The van der Waals surface area contributed by atoms with Gasteiger partial charge in [0, 0.05) is 25.4 Å². The highest BCUT2D eigenvalue weighted by atomic mass is 16.6. The van der Waals surface area contributed by atoms with Gasteiger partial charge in [-0.2, -0.15) is 0 Å². The molecule has 1 aliphatic heterocycles. The van der Waals surface area contributed by atoms with Gasteiger partial charge in [0.1, 0.15) is 5.82 Å². The minimum absolute atomic E-state index is 0.0302. The maximum Gasteiger partial charge on any atom is 0.274 e. The van der Waals surface area contributed by atoms with Crippen LogP contribution in [0.1, 0.15) is 15.9 Å². The zero-order chi connectivity index (χ0) is 17.8. The molecule has 8 heteroatoms. The minimum atomic E-state index is -0.464. The van der Waals surface area contributed by atoms with Crippen LogP contribution in [0.5, 0.6) is 0 Å². The molecular weight excluding hydrogens is 324 g/mol. The lowest BCUT2D eigenvalue weighted by Crippen LogP contribution is -2.38. The number of nitrogens with zero attached hydrogens (tertiary/aromatic N) is 3. The molecule has 1 saturated heterocycles. The van der Waals surface area contributed by atoms with E-state index in [-0.39, 0.29) is 11.6 Å². The highest BCUT2D eigenvalue weighted by Gasteiger charge is 2.21. The average Bonchev–Trinajstić information content (AvgIpc) is 2.64. The standard InChI is InChI=1S/C17H18N4O4/c1-12-14(5-2-6-15(12)21(23)24)19-17(22)13-4-3-7-18-16(13)20-8-10-25-11-9-20/h2-7H,8-11H2,1H3,(H,19,22). The van der Waals surface area contributed by atoms with Crippen LogP contribution < -0.4 is 10.2 Å². The van der Waals surface area contributed by atoms with E-state index in [9.17, 15) is 14.9 Å². The van der Waals surface area contributed by atoms with E-state index >= 15 is 0 Å². The van der Waals surface area contributed by atoms with Gasteiger partial charge in [-0.25, -0.2) is 4.98 Å². The number of aromatic nitrogens is 1. The Kier molecular flexibility index (Phi) is 4.90. The van der Waals surface area contributed by atoms with Gasteiger partial charge in [-0.3, -0.25) is 14.9 Å². The van der Waals surface area contributed by atoms with Crippen LogP contribution in [0, 0.1) is 17.0 Å². The van der Waals surface area contributed by atoms with E-state index in [2.05, 4.69) is 10.3 Å². The smallest absolute Gasteiger partial charge is 0.274 e. The van der Waals surface area contributed by atoms with Crippen LogP contribution in [0.2, 0.25) is 0 Å². The highest BCUT2D eigenvalue weighted by Crippen LogP contribution is 2.26. The number of morpholine rings is 1. The van der Waals surface area contributed by atoms with Gasteiger partial charge in [0.15, 0.2) is 0 Å². The van der Waals surface area contributed by atoms with Gasteiger partial charge in [0.25, 0.3) is 11.6 Å². The second kappa shape index (κ2) is 7.27. The summed E-state index contributed by atoms with van der Waals surface area (Å²) < 4.78 is 5.33. The van der Waals surface area contributed by atoms with Crippen LogP contribution in [0.4, 0.5) is 17.2 Å². The van der Waals surface area contributed by atoms with Crippen molar-refractivity contribution in [3.05, 3.63) is 57.8 Å². The molecule has 3 rings (SSSR count). The topological polar surface area (TPSA) is 97.6 Å². The lowest BCUT2D eigenvalue weighted by atomic mass is 10.1. The van der Waals surface area contributed by atoms with Gasteiger partial charge in [0.2, 0.25) is 0 Å². The number of ether oxygens (including phenoxy) is 1. The number of hydrogen-bond acceptors (Lipinski definition) is 6. The first kappa shape index (κ1) is 16.8. The number of carbonyl (C=O) groups excluding carboxylic acids is 1. The van der Waals surface area contributed by atoms with E-state index in [4.69, 9.17) is 4.74 Å². The second-order valence-corrected chi connectivity index (χ2v) is 5.63. The fourth-order valence-corrected chi connectivity index (χ4v) is 2.75. The van der Waals surface area contributed by atoms with Gasteiger partial charge >= 0.3 is 0 Å². The first-order chi connectivity index (χ1) is 12.1. The molecular formula is C17H18N4O4. The van der Waals surface area contributed by atoms with Gasteiger partial charge < -0.3 is 15.0 Å². The lowest BCUT2D eigenvalue weighted by Gasteiger charge is -2.29. The molecule has 0 atom stereocenters. The van der Waals surface area contributed by atoms with Crippen LogP contribution in [0.25, 0.3) is 0 Å². The molecule has 0 saturated carbocycles. The summed E-state index contributed by atoms with van der Waals surface area (Å²) in [6, 6.07) is 7.99. The van der Waals surface area contributed by atoms with Crippen LogP contribution >= 0.6 is 0 Å². The molecule has 0 bridgehead atoms. The Morgan fingerprint density at radius 2 is 2.04 bits per heavy atom. The van der Waals surface area contributed by atoms with E-state index in [1.54, 1.807) is 37.4 Å². The van der Waals surface area contributed by atoms with Gasteiger partial charge in [0.05, 0.1) is 35.0 Å². The Balaban J connectivity index is 1.87. The summed E-state index contributed by atoms with van der Waals surface area (Å²) in [5.74, 6) is 0.240. The molecule has 0 unspecified atom stereocenters. The molecule has 2 heterocycles. The lowest BCUT2D eigenvalue weighted by molar-refractivity contribution is -0.385. The van der Waals surface area contributed by atoms with E-state index in [1.165, 1.54) is 6.07 Å². The zero-order valence-corrected chi connectivity index (χ0v) is 13.8. The summed E-state index contributed by atoms with van der Waals surface area (Å²) in [5, 5.41) is 13.8. The maximum absolute atomic E-state index is 12.7. The number of benzene rings is 1. The van der Waals surface area contributed by atoms with Crippen molar-refractivity contribution in [2.45, 2.75) is 6.92 Å². The Hall–Kier alpha value is -3.00. The first-order valence-corrected chi connectivity index (χ1v) is 7.91. The average molecular weight is 342 g/mol. The number of nitrogens with one attached hydrogen (secondary N) is 1. The van der Waals surface area contributed by atoms with Crippen molar-refractivity contribution in [2.75, 3.05) is 36.5 Å². The molecule has 0 radical (unpaired) electrons. The van der Waals surface area contributed by atoms with E-state index < -0.39 is 4.92 Å². The summed E-state index contributed by atoms with van der Waals surface area (Å²) >= 11 is 0. The van der Waals surface area contributed by atoms with Crippen LogP contribution in [-0.4, -0.2) is 42.1 Å². The molecule has 25 heavy (non-hydrogen) atoms. The number of anilines is 2. The number of carbonyl (C=O) groups is 1. The Labute approximate surface area is 144 Å². The quantitative estimate of drug-likeness (QED) is 0.677. The van der Waals surface area contributed by atoms with Crippen LogP contribution in [-0.2, 0) is 4.74 Å². The predicted octanol–water partition coefficient (Wildman–Crippen LogP) is 2.39. The first-order valence-electron chi connectivity index (χ1n) is 7.91. The summed E-state index contributed by atoms with van der Waals surface area (Å²) in [4.78, 5) is 29.7. The molecule has 1 fully saturated rings. The molecule has 1 aromatic carbocycles. The SMILES string of the molecule is Cc1c(NC(=O)c2cccnc2N2CCOCC2)cccc1[N+](=O)[O-]. The van der Waals surface area contributed by atoms with Gasteiger partial charge in [-0.15, -0.1) is 0 Å². The molecule has 1 aromatic heterocycles. The molecule has 0 spiro atoms. The fourth-order valence-electron chi connectivity index (χ4n) is 2.75. The van der Waals surface area contributed by atoms with Crippen LogP contribution in [0.3, 0.4) is 0 Å².